The fourth-order valence-corrected chi connectivity index (χ4v) is 2.99. The highest BCUT2D eigenvalue weighted by Crippen LogP contribution is 2.15. The third-order valence-corrected chi connectivity index (χ3v) is 4.41. The number of hydrogen-bond acceptors (Lipinski definition) is 4. The number of rotatable bonds is 6. The van der Waals surface area contributed by atoms with Crippen molar-refractivity contribution in [2.45, 2.75) is 38.8 Å². The summed E-state index contributed by atoms with van der Waals surface area (Å²) in [7, 11) is -3.65. The number of nitrogens with zero attached hydrogens (tertiary/aromatic N) is 4. The third kappa shape index (κ3) is 2.89. The first kappa shape index (κ1) is 14.7. The molecule has 1 heterocycles. The smallest absolute Gasteiger partial charge is 0.263 e. The van der Waals surface area contributed by atoms with E-state index < -0.39 is 10.0 Å². The van der Waals surface area contributed by atoms with E-state index in [0.717, 1.165) is 17.3 Å². The quantitative estimate of drug-likeness (QED) is 0.726. The van der Waals surface area contributed by atoms with Gasteiger partial charge in [-0.25, -0.2) is 13.4 Å². The van der Waals surface area contributed by atoms with Gasteiger partial charge in [0.15, 0.2) is 5.03 Å². The summed E-state index contributed by atoms with van der Waals surface area (Å²) in [5.41, 5.74) is 0. The minimum Gasteiger partial charge on any atom is -0.334 e. The molecule has 0 aliphatic rings. The van der Waals surface area contributed by atoms with Crippen LogP contribution in [0.1, 0.15) is 26.1 Å². The SMILES string of the molecule is CCCn1cc(S(=O)(=O)N(CC)CC#N)nc1C. The summed E-state index contributed by atoms with van der Waals surface area (Å²) in [6, 6.07) is 1.85. The highest BCUT2D eigenvalue weighted by Gasteiger charge is 2.26. The van der Waals surface area contributed by atoms with E-state index in [1.165, 1.54) is 6.20 Å². The largest absolute Gasteiger partial charge is 0.334 e. The number of hydrogen-bond donors (Lipinski definition) is 0. The van der Waals surface area contributed by atoms with Crippen LogP contribution in [0, 0.1) is 18.3 Å². The van der Waals surface area contributed by atoms with Crippen molar-refractivity contribution in [2.75, 3.05) is 13.1 Å². The molecule has 100 valence electrons. The van der Waals surface area contributed by atoms with Crippen molar-refractivity contribution in [1.29, 1.82) is 5.26 Å². The van der Waals surface area contributed by atoms with Gasteiger partial charge in [0.1, 0.15) is 12.4 Å². The van der Waals surface area contributed by atoms with Crippen LogP contribution in [0.2, 0.25) is 0 Å². The van der Waals surface area contributed by atoms with Crippen molar-refractivity contribution < 1.29 is 8.42 Å². The number of aryl methyl sites for hydroxylation is 2. The van der Waals surface area contributed by atoms with Crippen LogP contribution in [-0.4, -0.2) is 35.4 Å². The number of aromatic nitrogens is 2. The van der Waals surface area contributed by atoms with Crippen LogP contribution < -0.4 is 0 Å². The molecule has 0 aliphatic heterocycles. The average Bonchev–Trinajstić information content (AvgIpc) is 2.69. The molecule has 0 bridgehead atoms. The van der Waals surface area contributed by atoms with Crippen molar-refractivity contribution in [3.63, 3.8) is 0 Å². The minimum absolute atomic E-state index is 0.0190. The van der Waals surface area contributed by atoms with Gasteiger partial charge in [-0.3, -0.25) is 0 Å². The van der Waals surface area contributed by atoms with E-state index in [0.29, 0.717) is 5.82 Å². The van der Waals surface area contributed by atoms with Gasteiger partial charge in [-0.2, -0.15) is 9.57 Å². The fraction of sp³-hybridized carbons (Fsp3) is 0.636. The number of nitriles is 1. The summed E-state index contributed by atoms with van der Waals surface area (Å²) >= 11 is 0. The first-order valence-electron chi connectivity index (χ1n) is 5.88. The Morgan fingerprint density at radius 3 is 2.67 bits per heavy atom. The first-order chi connectivity index (χ1) is 8.47. The second-order valence-corrected chi connectivity index (χ2v) is 5.79. The van der Waals surface area contributed by atoms with Gasteiger partial charge in [-0.1, -0.05) is 13.8 Å². The van der Waals surface area contributed by atoms with Crippen LogP contribution in [0.15, 0.2) is 11.2 Å². The zero-order valence-corrected chi connectivity index (χ0v) is 11.7. The maximum atomic E-state index is 12.2. The molecule has 0 aromatic carbocycles. The van der Waals surface area contributed by atoms with E-state index in [2.05, 4.69) is 4.98 Å². The number of imidazole rings is 1. The second kappa shape index (κ2) is 5.98. The monoisotopic (exact) mass is 270 g/mol. The molecule has 0 saturated heterocycles. The number of sulfonamides is 1. The average molecular weight is 270 g/mol. The van der Waals surface area contributed by atoms with Gasteiger partial charge < -0.3 is 4.57 Å². The Morgan fingerprint density at radius 1 is 1.50 bits per heavy atom. The molecule has 0 radical (unpaired) electrons. The standard InChI is InChI=1S/C11H18N4O2S/c1-4-7-14-9-11(13-10(14)3)18(16,17)15(5-2)8-6-12/h9H,4-5,7-8H2,1-3H3. The molecule has 0 aliphatic carbocycles. The Hall–Kier alpha value is -1.39. The predicted molar refractivity (Wildman–Crippen MR) is 67.3 cm³/mol. The van der Waals surface area contributed by atoms with Gasteiger partial charge in [0.2, 0.25) is 0 Å². The first-order valence-corrected chi connectivity index (χ1v) is 7.32. The molecule has 0 N–H and O–H groups in total. The summed E-state index contributed by atoms with van der Waals surface area (Å²) in [6.07, 6.45) is 2.45. The molecule has 0 amide bonds. The topological polar surface area (TPSA) is 79.0 Å². The predicted octanol–water partition coefficient (Wildman–Crippen LogP) is 1.14. The summed E-state index contributed by atoms with van der Waals surface area (Å²) in [4.78, 5) is 4.08. The molecule has 1 aromatic heterocycles. The van der Waals surface area contributed by atoms with Crippen LogP contribution in [-0.2, 0) is 16.6 Å². The molecule has 18 heavy (non-hydrogen) atoms. The summed E-state index contributed by atoms with van der Waals surface area (Å²) in [5.74, 6) is 0.670. The van der Waals surface area contributed by atoms with Crippen molar-refractivity contribution in [3.05, 3.63) is 12.0 Å². The lowest BCUT2D eigenvalue weighted by Crippen LogP contribution is -2.31. The molecular formula is C11H18N4O2S. The Balaban J connectivity index is 3.12. The minimum atomic E-state index is -3.65. The lowest BCUT2D eigenvalue weighted by molar-refractivity contribution is 0.460. The lowest BCUT2D eigenvalue weighted by Gasteiger charge is -2.14. The van der Waals surface area contributed by atoms with Crippen molar-refractivity contribution >= 4 is 10.0 Å². The van der Waals surface area contributed by atoms with Gasteiger partial charge in [0, 0.05) is 19.3 Å². The molecule has 1 aromatic rings. The normalized spacial score (nSPS) is 11.7. The fourth-order valence-electron chi connectivity index (χ4n) is 1.65. The zero-order valence-electron chi connectivity index (χ0n) is 10.9. The zero-order chi connectivity index (χ0) is 13.8. The lowest BCUT2D eigenvalue weighted by atomic mass is 10.5. The molecule has 7 heteroatoms. The second-order valence-electron chi connectivity index (χ2n) is 3.91. The molecule has 0 spiro atoms. The molecular weight excluding hydrogens is 252 g/mol. The molecule has 0 fully saturated rings. The van der Waals surface area contributed by atoms with Crippen LogP contribution in [0.4, 0.5) is 0 Å². The maximum Gasteiger partial charge on any atom is 0.263 e. The Bertz CT molecular complexity index is 542. The molecule has 0 atom stereocenters. The van der Waals surface area contributed by atoms with Gasteiger partial charge in [-0.15, -0.1) is 0 Å². The van der Waals surface area contributed by atoms with Gasteiger partial charge in [-0.05, 0) is 13.3 Å². The van der Waals surface area contributed by atoms with E-state index in [9.17, 15) is 8.42 Å². The Labute approximate surface area is 108 Å². The van der Waals surface area contributed by atoms with Gasteiger partial charge in [0.05, 0.1) is 6.07 Å². The van der Waals surface area contributed by atoms with Gasteiger partial charge >= 0.3 is 0 Å². The highest BCUT2D eigenvalue weighted by atomic mass is 32.2. The Morgan fingerprint density at radius 2 is 2.17 bits per heavy atom. The van der Waals surface area contributed by atoms with Crippen molar-refractivity contribution in [3.8, 4) is 6.07 Å². The Kier molecular flexibility index (Phi) is 4.87. The van der Waals surface area contributed by atoms with Gasteiger partial charge in [0.25, 0.3) is 10.0 Å². The molecule has 0 unspecified atom stereocenters. The van der Waals surface area contributed by atoms with Crippen LogP contribution in [0.3, 0.4) is 0 Å². The summed E-state index contributed by atoms with van der Waals surface area (Å²) < 4.78 is 27.4. The van der Waals surface area contributed by atoms with Crippen molar-refractivity contribution in [1.82, 2.24) is 13.9 Å². The maximum absolute atomic E-state index is 12.2. The molecule has 1 rings (SSSR count). The summed E-state index contributed by atoms with van der Waals surface area (Å²) in [6.45, 7) is 6.33. The third-order valence-electron chi connectivity index (χ3n) is 2.62. The highest BCUT2D eigenvalue weighted by molar-refractivity contribution is 7.89. The van der Waals surface area contributed by atoms with E-state index in [1.807, 2.05) is 17.6 Å². The van der Waals surface area contributed by atoms with E-state index in [1.54, 1.807) is 13.8 Å². The van der Waals surface area contributed by atoms with E-state index in [-0.39, 0.29) is 18.1 Å². The van der Waals surface area contributed by atoms with Crippen LogP contribution in [0.5, 0.6) is 0 Å². The molecule has 6 nitrogen and oxygen atoms in total. The van der Waals surface area contributed by atoms with E-state index >= 15 is 0 Å². The van der Waals surface area contributed by atoms with Crippen LogP contribution in [0.25, 0.3) is 0 Å². The summed E-state index contributed by atoms with van der Waals surface area (Å²) in [5, 5.41) is 8.66. The van der Waals surface area contributed by atoms with Crippen LogP contribution >= 0.6 is 0 Å². The van der Waals surface area contributed by atoms with Crippen molar-refractivity contribution in [2.24, 2.45) is 0 Å². The van der Waals surface area contributed by atoms with E-state index in [4.69, 9.17) is 5.26 Å². The molecule has 0 saturated carbocycles.